The third-order valence-corrected chi connectivity index (χ3v) is 6.12. The normalized spacial score (nSPS) is 18.0. The monoisotopic (exact) mass is 437 g/mol. The molecule has 0 amide bonds. The van der Waals surface area contributed by atoms with Crippen LogP contribution in [-0.4, -0.2) is 35.2 Å². The van der Waals surface area contributed by atoms with E-state index in [0.717, 1.165) is 49.9 Å². The van der Waals surface area contributed by atoms with Gasteiger partial charge in [-0.2, -0.15) is 0 Å². The van der Waals surface area contributed by atoms with Crippen LogP contribution in [0, 0.1) is 5.82 Å². The van der Waals surface area contributed by atoms with E-state index in [0.29, 0.717) is 28.3 Å². The van der Waals surface area contributed by atoms with E-state index in [1.807, 2.05) is 0 Å². The minimum atomic E-state index is -1.21. The SMILES string of the molecule is O=C(O)c1cc(C2CC2)c(CN2CCC(Oc3ccc(Cl)cc3Cl)CC2)cc1F. The smallest absolute Gasteiger partial charge is 0.338 e. The summed E-state index contributed by atoms with van der Waals surface area (Å²) in [6, 6.07) is 8.15. The maximum absolute atomic E-state index is 14.2. The lowest BCUT2D eigenvalue weighted by Gasteiger charge is -2.32. The summed E-state index contributed by atoms with van der Waals surface area (Å²) in [4.78, 5) is 13.5. The predicted molar refractivity (Wildman–Crippen MR) is 111 cm³/mol. The molecule has 1 N–H and O–H groups in total. The van der Waals surface area contributed by atoms with E-state index in [4.69, 9.17) is 27.9 Å². The van der Waals surface area contributed by atoms with Crippen molar-refractivity contribution in [2.75, 3.05) is 13.1 Å². The highest BCUT2D eigenvalue weighted by atomic mass is 35.5. The van der Waals surface area contributed by atoms with Crippen molar-refractivity contribution in [3.8, 4) is 5.75 Å². The Morgan fingerprint density at radius 1 is 1.14 bits per heavy atom. The summed E-state index contributed by atoms with van der Waals surface area (Å²) in [6.07, 6.45) is 3.82. The van der Waals surface area contributed by atoms with Crippen LogP contribution in [0.25, 0.3) is 0 Å². The molecule has 2 aliphatic rings. The first-order chi connectivity index (χ1) is 13.9. The van der Waals surface area contributed by atoms with Gasteiger partial charge in [-0.3, -0.25) is 4.90 Å². The number of carbonyl (C=O) groups is 1. The van der Waals surface area contributed by atoms with E-state index in [1.165, 1.54) is 12.1 Å². The van der Waals surface area contributed by atoms with Crippen LogP contribution >= 0.6 is 23.2 Å². The van der Waals surface area contributed by atoms with E-state index in [-0.39, 0.29) is 11.7 Å². The highest BCUT2D eigenvalue weighted by Gasteiger charge is 2.30. The Kier molecular flexibility index (Phi) is 6.00. The summed E-state index contributed by atoms with van der Waals surface area (Å²) in [5, 5.41) is 10.3. The van der Waals surface area contributed by atoms with Crippen molar-refractivity contribution in [1.82, 2.24) is 4.90 Å². The summed E-state index contributed by atoms with van der Waals surface area (Å²) in [7, 11) is 0. The second-order valence-electron chi connectivity index (χ2n) is 7.78. The molecule has 2 aromatic carbocycles. The highest BCUT2D eigenvalue weighted by molar-refractivity contribution is 6.35. The molecule has 4 nitrogen and oxygen atoms in total. The van der Waals surface area contributed by atoms with Crippen molar-refractivity contribution in [3.05, 3.63) is 62.9 Å². The number of hydrogen-bond donors (Lipinski definition) is 1. The largest absolute Gasteiger partial charge is 0.489 e. The average Bonchev–Trinajstić information content (AvgIpc) is 3.50. The van der Waals surface area contributed by atoms with Crippen molar-refractivity contribution in [2.45, 2.75) is 44.2 Å². The van der Waals surface area contributed by atoms with Gasteiger partial charge in [0.25, 0.3) is 0 Å². The van der Waals surface area contributed by atoms with Gasteiger partial charge in [0.1, 0.15) is 17.7 Å². The molecule has 29 heavy (non-hydrogen) atoms. The Labute approximate surface area is 179 Å². The van der Waals surface area contributed by atoms with Gasteiger partial charge < -0.3 is 9.84 Å². The van der Waals surface area contributed by atoms with Crippen molar-refractivity contribution in [2.24, 2.45) is 0 Å². The van der Waals surface area contributed by atoms with E-state index in [9.17, 15) is 14.3 Å². The third-order valence-electron chi connectivity index (χ3n) is 5.59. The van der Waals surface area contributed by atoms with Crippen molar-refractivity contribution >= 4 is 29.2 Å². The number of carboxylic acids is 1. The molecule has 2 fully saturated rings. The number of likely N-dealkylation sites (tertiary alicyclic amines) is 1. The van der Waals surface area contributed by atoms with Gasteiger partial charge in [0.2, 0.25) is 0 Å². The Hall–Kier alpha value is -1.82. The van der Waals surface area contributed by atoms with Crippen LogP contribution in [0.5, 0.6) is 5.75 Å². The predicted octanol–water partition coefficient (Wildman–Crippen LogP) is 5.75. The van der Waals surface area contributed by atoms with Gasteiger partial charge in [-0.25, -0.2) is 9.18 Å². The molecule has 0 spiro atoms. The molecule has 1 saturated heterocycles. The highest BCUT2D eigenvalue weighted by Crippen LogP contribution is 2.43. The third kappa shape index (κ3) is 4.85. The van der Waals surface area contributed by atoms with Crippen LogP contribution in [0.3, 0.4) is 0 Å². The van der Waals surface area contributed by atoms with E-state index in [2.05, 4.69) is 4.90 Å². The second-order valence-corrected chi connectivity index (χ2v) is 8.62. The molecule has 1 aliphatic carbocycles. The number of aromatic carboxylic acids is 1. The van der Waals surface area contributed by atoms with Gasteiger partial charge in [0.15, 0.2) is 0 Å². The second kappa shape index (κ2) is 8.50. The topological polar surface area (TPSA) is 49.8 Å². The minimum Gasteiger partial charge on any atom is -0.489 e. The number of rotatable bonds is 6. The quantitative estimate of drug-likeness (QED) is 0.624. The maximum atomic E-state index is 14.2. The van der Waals surface area contributed by atoms with Gasteiger partial charge in [-0.05, 0) is 73.1 Å². The number of halogens is 3. The number of ether oxygens (including phenoxy) is 1. The zero-order chi connectivity index (χ0) is 20.5. The molecule has 154 valence electrons. The molecule has 0 atom stereocenters. The first-order valence-electron chi connectivity index (χ1n) is 9.80. The molecular formula is C22H22Cl2FNO3. The van der Waals surface area contributed by atoms with Gasteiger partial charge in [-0.15, -0.1) is 0 Å². The van der Waals surface area contributed by atoms with Crippen molar-refractivity contribution in [3.63, 3.8) is 0 Å². The van der Waals surface area contributed by atoms with Crippen LogP contribution in [0.1, 0.15) is 53.1 Å². The first-order valence-corrected chi connectivity index (χ1v) is 10.6. The fraction of sp³-hybridized carbons (Fsp3) is 0.409. The average molecular weight is 438 g/mol. The molecule has 0 aromatic heterocycles. The van der Waals surface area contributed by atoms with Gasteiger partial charge >= 0.3 is 5.97 Å². The molecule has 0 radical (unpaired) electrons. The molecule has 0 unspecified atom stereocenters. The van der Waals surface area contributed by atoms with E-state index in [1.54, 1.807) is 18.2 Å². The van der Waals surface area contributed by atoms with Gasteiger partial charge in [-0.1, -0.05) is 23.2 Å². The van der Waals surface area contributed by atoms with Crippen molar-refractivity contribution < 1.29 is 19.0 Å². The molecular weight excluding hydrogens is 416 g/mol. The number of hydrogen-bond acceptors (Lipinski definition) is 3. The summed E-state index contributed by atoms with van der Waals surface area (Å²) in [5.41, 5.74) is 1.65. The summed E-state index contributed by atoms with van der Waals surface area (Å²) in [6.45, 7) is 2.27. The van der Waals surface area contributed by atoms with Gasteiger partial charge in [0.05, 0.1) is 10.6 Å². The molecule has 1 heterocycles. The van der Waals surface area contributed by atoms with E-state index < -0.39 is 11.8 Å². The fourth-order valence-corrected chi connectivity index (χ4v) is 4.34. The number of nitrogens with zero attached hydrogens (tertiary/aromatic N) is 1. The van der Waals surface area contributed by atoms with Crippen molar-refractivity contribution in [1.29, 1.82) is 0 Å². The van der Waals surface area contributed by atoms with Crippen LogP contribution in [0.4, 0.5) is 4.39 Å². The molecule has 0 bridgehead atoms. The number of benzene rings is 2. The Balaban J connectivity index is 1.39. The van der Waals surface area contributed by atoms with Crippen LogP contribution < -0.4 is 4.74 Å². The lowest BCUT2D eigenvalue weighted by atomic mass is 9.98. The van der Waals surface area contributed by atoms with Crippen LogP contribution in [-0.2, 0) is 6.54 Å². The van der Waals surface area contributed by atoms with Crippen LogP contribution in [0.15, 0.2) is 30.3 Å². The lowest BCUT2D eigenvalue weighted by Crippen LogP contribution is -2.38. The summed E-state index contributed by atoms with van der Waals surface area (Å²) in [5.74, 6) is -0.879. The maximum Gasteiger partial charge on any atom is 0.338 e. The zero-order valence-corrected chi connectivity index (χ0v) is 17.3. The molecule has 7 heteroatoms. The number of carboxylic acid groups (broad SMARTS) is 1. The summed E-state index contributed by atoms with van der Waals surface area (Å²) >= 11 is 12.1. The zero-order valence-electron chi connectivity index (χ0n) is 15.8. The van der Waals surface area contributed by atoms with Crippen LogP contribution in [0.2, 0.25) is 10.0 Å². The lowest BCUT2D eigenvalue weighted by molar-refractivity contribution is 0.0691. The Morgan fingerprint density at radius 3 is 2.48 bits per heavy atom. The summed E-state index contributed by atoms with van der Waals surface area (Å²) < 4.78 is 20.3. The Morgan fingerprint density at radius 2 is 1.86 bits per heavy atom. The number of piperidine rings is 1. The molecule has 1 aliphatic heterocycles. The standard InChI is InChI=1S/C22H22Cl2FNO3/c23-15-3-4-21(19(24)10-15)29-16-5-7-26(8-6-16)12-14-9-20(25)18(22(27)28)11-17(14)13-1-2-13/h3-4,9-11,13,16H,1-2,5-8,12H2,(H,27,28). The minimum absolute atomic E-state index is 0.0685. The first kappa shape index (κ1) is 20.5. The fourth-order valence-electron chi connectivity index (χ4n) is 3.88. The molecule has 4 rings (SSSR count). The Bertz CT molecular complexity index is 925. The molecule has 2 aromatic rings. The molecule has 1 saturated carbocycles. The van der Waals surface area contributed by atoms with Gasteiger partial charge in [0, 0.05) is 24.7 Å². The van der Waals surface area contributed by atoms with E-state index >= 15 is 0 Å².